The van der Waals surface area contributed by atoms with Crippen LogP contribution in [0.25, 0.3) is 0 Å². The Balaban J connectivity index is 3.04. The van der Waals surface area contributed by atoms with Crippen LogP contribution in [0.15, 0.2) is 24.3 Å². The molecule has 1 atom stereocenters. The summed E-state index contributed by atoms with van der Waals surface area (Å²) in [6, 6.07) is 4.39. The molecule has 0 bridgehead atoms. The van der Waals surface area contributed by atoms with Gasteiger partial charge >= 0.3 is 6.18 Å². The molecule has 1 unspecified atom stereocenters. The number of alkyl halides is 5. The van der Waals surface area contributed by atoms with Crippen molar-refractivity contribution < 1.29 is 18.0 Å². The summed E-state index contributed by atoms with van der Waals surface area (Å²) in [6.45, 7) is 0. The molecule has 0 amide bonds. The van der Waals surface area contributed by atoms with Gasteiger partial charge in [-0.15, -0.1) is 0 Å². The Bertz CT molecular complexity index is 390. The van der Waals surface area contributed by atoms with Crippen molar-refractivity contribution in [3.8, 4) is 0 Å². The first kappa shape index (κ1) is 13.7. The van der Waals surface area contributed by atoms with E-state index in [0.717, 1.165) is 12.1 Å². The molecule has 6 heteroatoms. The quantitative estimate of drug-likeness (QED) is 0.587. The van der Waals surface area contributed by atoms with Gasteiger partial charge in [0.2, 0.25) is 0 Å². The first-order chi connectivity index (χ1) is 7.36. The number of carbonyl (C=O) groups is 1. The van der Waals surface area contributed by atoms with Crippen LogP contribution in [0.3, 0.4) is 0 Å². The molecule has 1 aromatic carbocycles. The lowest BCUT2D eigenvalue weighted by atomic mass is 10.1. The zero-order chi connectivity index (χ0) is 12.3. The second-order valence-electron chi connectivity index (χ2n) is 3.06. The fourth-order valence-electron chi connectivity index (χ4n) is 1.10. The van der Waals surface area contributed by atoms with Crippen LogP contribution in [0.1, 0.15) is 15.9 Å². The SMILES string of the molecule is O=C(c1cccc(C(F)(F)F)c1)C(Br)CBr. The van der Waals surface area contributed by atoms with E-state index in [9.17, 15) is 18.0 Å². The predicted octanol–water partition coefficient (Wildman–Crippen LogP) is 4.05. The topological polar surface area (TPSA) is 17.1 Å². The number of hydrogen-bond donors (Lipinski definition) is 0. The van der Waals surface area contributed by atoms with Gasteiger partial charge < -0.3 is 0 Å². The Kier molecular flexibility index (Phi) is 4.55. The number of Topliss-reactive ketones (excluding diaryl/α,β-unsaturated/α-hetero) is 1. The molecule has 0 fully saturated rings. The van der Waals surface area contributed by atoms with E-state index in [1.165, 1.54) is 12.1 Å². The van der Waals surface area contributed by atoms with E-state index in [-0.39, 0.29) is 11.3 Å². The lowest BCUT2D eigenvalue weighted by Gasteiger charge is -2.09. The summed E-state index contributed by atoms with van der Waals surface area (Å²) in [7, 11) is 0. The maximum atomic E-state index is 12.4. The second kappa shape index (κ2) is 5.31. The van der Waals surface area contributed by atoms with Crippen molar-refractivity contribution in [2.24, 2.45) is 0 Å². The van der Waals surface area contributed by atoms with Gasteiger partial charge in [0.05, 0.1) is 10.4 Å². The lowest BCUT2D eigenvalue weighted by Crippen LogP contribution is -2.16. The van der Waals surface area contributed by atoms with E-state index in [1.54, 1.807) is 0 Å². The van der Waals surface area contributed by atoms with Crippen molar-refractivity contribution in [1.82, 2.24) is 0 Å². The monoisotopic (exact) mass is 358 g/mol. The van der Waals surface area contributed by atoms with Crippen LogP contribution in [0, 0.1) is 0 Å². The average molecular weight is 360 g/mol. The number of halogens is 5. The minimum Gasteiger partial charge on any atom is -0.293 e. The summed E-state index contributed by atoms with van der Waals surface area (Å²) in [6.07, 6.45) is -4.42. The zero-order valence-corrected chi connectivity index (χ0v) is 11.1. The highest BCUT2D eigenvalue weighted by Crippen LogP contribution is 2.30. The fourth-order valence-corrected chi connectivity index (χ4v) is 1.66. The lowest BCUT2D eigenvalue weighted by molar-refractivity contribution is -0.137. The molecular weight excluding hydrogens is 353 g/mol. The molecule has 0 aromatic heterocycles. The number of rotatable bonds is 3. The normalized spacial score (nSPS) is 13.6. The molecule has 0 N–H and O–H groups in total. The van der Waals surface area contributed by atoms with Crippen LogP contribution in [0.2, 0.25) is 0 Å². The van der Waals surface area contributed by atoms with Crippen molar-refractivity contribution in [2.75, 3.05) is 5.33 Å². The van der Waals surface area contributed by atoms with Gasteiger partial charge in [0.25, 0.3) is 0 Å². The molecular formula is C10H7Br2F3O. The Hall–Kier alpha value is -0.360. The molecule has 1 nitrogen and oxygen atoms in total. The van der Waals surface area contributed by atoms with E-state index in [0.29, 0.717) is 5.33 Å². The van der Waals surface area contributed by atoms with Crippen molar-refractivity contribution in [3.63, 3.8) is 0 Å². The van der Waals surface area contributed by atoms with Crippen LogP contribution in [-0.2, 0) is 6.18 Å². The number of ketones is 1. The van der Waals surface area contributed by atoms with Crippen LogP contribution >= 0.6 is 31.9 Å². The molecule has 0 radical (unpaired) electrons. The van der Waals surface area contributed by atoms with Gasteiger partial charge in [0, 0.05) is 10.9 Å². The van der Waals surface area contributed by atoms with E-state index in [4.69, 9.17) is 0 Å². The molecule has 0 aliphatic heterocycles. The molecule has 0 heterocycles. The van der Waals surface area contributed by atoms with Crippen molar-refractivity contribution >= 4 is 37.6 Å². The Morgan fingerprint density at radius 2 is 2.00 bits per heavy atom. The van der Waals surface area contributed by atoms with Crippen LogP contribution in [0.4, 0.5) is 13.2 Å². The van der Waals surface area contributed by atoms with Gasteiger partial charge in [-0.1, -0.05) is 44.0 Å². The van der Waals surface area contributed by atoms with Crippen LogP contribution < -0.4 is 0 Å². The van der Waals surface area contributed by atoms with Crippen molar-refractivity contribution in [2.45, 2.75) is 11.0 Å². The Morgan fingerprint density at radius 3 is 2.50 bits per heavy atom. The highest BCUT2D eigenvalue weighted by molar-refractivity contribution is 9.12. The van der Waals surface area contributed by atoms with E-state index in [2.05, 4.69) is 31.9 Å². The highest BCUT2D eigenvalue weighted by atomic mass is 79.9. The number of carbonyl (C=O) groups excluding carboxylic acids is 1. The minimum absolute atomic E-state index is 0.0520. The van der Waals surface area contributed by atoms with Gasteiger partial charge in [-0.3, -0.25) is 4.79 Å². The van der Waals surface area contributed by atoms with Gasteiger partial charge in [-0.25, -0.2) is 0 Å². The fraction of sp³-hybridized carbons (Fsp3) is 0.300. The predicted molar refractivity (Wildman–Crippen MR) is 62.3 cm³/mol. The first-order valence-corrected chi connectivity index (χ1v) is 6.31. The molecule has 16 heavy (non-hydrogen) atoms. The number of hydrogen-bond acceptors (Lipinski definition) is 1. The third-order valence-electron chi connectivity index (χ3n) is 1.89. The maximum absolute atomic E-state index is 12.4. The Morgan fingerprint density at radius 1 is 1.38 bits per heavy atom. The van der Waals surface area contributed by atoms with Gasteiger partial charge in [-0.05, 0) is 12.1 Å². The molecule has 0 spiro atoms. The highest BCUT2D eigenvalue weighted by Gasteiger charge is 2.31. The van der Waals surface area contributed by atoms with E-state index in [1.807, 2.05) is 0 Å². The third kappa shape index (κ3) is 3.31. The minimum atomic E-state index is -4.42. The van der Waals surface area contributed by atoms with E-state index >= 15 is 0 Å². The Labute approximate surface area is 107 Å². The molecule has 1 rings (SSSR count). The molecule has 1 aromatic rings. The third-order valence-corrected chi connectivity index (χ3v) is 4.15. The van der Waals surface area contributed by atoms with Gasteiger partial charge in [0.15, 0.2) is 5.78 Å². The summed E-state index contributed by atoms with van der Waals surface area (Å²) in [5, 5.41) is 0.349. The van der Waals surface area contributed by atoms with Crippen LogP contribution in [-0.4, -0.2) is 15.9 Å². The summed E-state index contributed by atoms with van der Waals surface area (Å²) in [4.78, 5) is 11.1. The van der Waals surface area contributed by atoms with Gasteiger partial charge in [-0.2, -0.15) is 13.2 Å². The zero-order valence-electron chi connectivity index (χ0n) is 7.89. The maximum Gasteiger partial charge on any atom is 0.416 e. The van der Waals surface area contributed by atoms with Gasteiger partial charge in [0.1, 0.15) is 0 Å². The summed E-state index contributed by atoms with van der Waals surface area (Å²) >= 11 is 6.16. The summed E-state index contributed by atoms with van der Waals surface area (Å²) in [5.74, 6) is -0.372. The second-order valence-corrected chi connectivity index (χ2v) is 4.82. The van der Waals surface area contributed by atoms with E-state index < -0.39 is 16.6 Å². The molecule has 0 saturated carbocycles. The molecule has 0 aliphatic rings. The van der Waals surface area contributed by atoms with Crippen molar-refractivity contribution in [3.05, 3.63) is 35.4 Å². The summed E-state index contributed by atoms with van der Waals surface area (Å²) in [5.41, 5.74) is -0.760. The largest absolute Gasteiger partial charge is 0.416 e. The average Bonchev–Trinajstić information content (AvgIpc) is 2.26. The number of benzene rings is 1. The smallest absolute Gasteiger partial charge is 0.293 e. The molecule has 0 saturated heterocycles. The molecule has 0 aliphatic carbocycles. The summed E-state index contributed by atoms with van der Waals surface area (Å²) < 4.78 is 37.1. The standard InChI is InChI=1S/C10H7Br2F3O/c11-5-8(12)9(16)6-2-1-3-7(4-6)10(13,14)15/h1-4,8H,5H2. The van der Waals surface area contributed by atoms with Crippen molar-refractivity contribution in [1.29, 1.82) is 0 Å². The van der Waals surface area contributed by atoms with Crippen LogP contribution in [0.5, 0.6) is 0 Å². The molecule has 88 valence electrons. The first-order valence-electron chi connectivity index (χ1n) is 4.27.